The van der Waals surface area contributed by atoms with Crippen LogP contribution in [0.5, 0.6) is 0 Å². The first-order chi connectivity index (χ1) is 5.83. The predicted molar refractivity (Wildman–Crippen MR) is 73.4 cm³/mol. The first-order valence-corrected chi connectivity index (χ1v) is 6.79. The maximum Gasteiger partial charge on any atom is 0.0331 e. The molecule has 0 saturated heterocycles. The average Bonchev–Trinajstić information content (AvgIpc) is 2.10. The largest absolute Gasteiger partial charge is 0.169 e. The number of hydrogen-bond acceptors (Lipinski definition) is 4. The molecular formula is C8H20S4. The van der Waals surface area contributed by atoms with Gasteiger partial charge >= 0.3 is 0 Å². The molecule has 1 aliphatic rings. The molecule has 0 nitrogen and oxygen atoms in total. The molecule has 0 heterocycles. The third-order valence-electron chi connectivity index (χ3n) is 1.50. The molecule has 0 unspecified atom stereocenters. The Kier molecular flexibility index (Phi) is 24.1. The second-order valence-corrected chi connectivity index (χ2v) is 4.67. The Morgan fingerprint density at radius 2 is 0.583 bits per heavy atom. The normalized spacial score (nSPS) is 15.0. The highest BCUT2D eigenvalue weighted by molar-refractivity contribution is 7.98. The molecule has 4 heteroatoms. The quantitative estimate of drug-likeness (QED) is 0.360. The van der Waals surface area contributed by atoms with Crippen molar-refractivity contribution < 1.29 is 0 Å². The van der Waals surface area contributed by atoms with Crippen molar-refractivity contribution in [2.24, 2.45) is 0 Å². The first-order valence-electron chi connectivity index (χ1n) is 4.26. The minimum absolute atomic E-state index is 0.639. The molecule has 1 saturated carbocycles. The van der Waals surface area contributed by atoms with Crippen molar-refractivity contribution in [1.29, 1.82) is 0 Å². The molecule has 0 bridgehead atoms. The summed E-state index contributed by atoms with van der Waals surface area (Å²) in [5.41, 5.74) is 0. The molecule has 0 radical (unpaired) electrons. The molecule has 0 aliphatic heterocycles. The van der Waals surface area contributed by atoms with E-state index in [1.165, 1.54) is 38.5 Å². The van der Waals surface area contributed by atoms with Crippen LogP contribution in [0.15, 0.2) is 0 Å². The van der Waals surface area contributed by atoms with Crippen LogP contribution in [0, 0.1) is 0 Å². The number of rotatable bonds is 0. The Morgan fingerprint density at radius 1 is 0.500 bits per heavy atom. The average molecular weight is 245 g/mol. The molecule has 1 fully saturated rings. The zero-order valence-corrected chi connectivity index (χ0v) is 11.0. The Labute approximate surface area is 98.9 Å². The van der Waals surface area contributed by atoms with E-state index < -0.39 is 0 Å². The van der Waals surface area contributed by atoms with Gasteiger partial charge in [-0.1, -0.05) is 38.5 Å². The van der Waals surface area contributed by atoms with E-state index in [-0.39, 0.29) is 0 Å². The molecule has 0 amide bonds. The molecule has 0 aromatic heterocycles. The van der Waals surface area contributed by atoms with Crippen molar-refractivity contribution >= 4 is 50.5 Å². The van der Waals surface area contributed by atoms with Gasteiger partial charge in [-0.2, -0.15) is 50.5 Å². The van der Waals surface area contributed by atoms with Gasteiger partial charge in [0.25, 0.3) is 0 Å². The second-order valence-electron chi connectivity index (χ2n) is 2.40. The molecular weight excluding hydrogens is 224 g/mol. The van der Waals surface area contributed by atoms with Crippen molar-refractivity contribution in [2.45, 2.75) is 38.5 Å². The standard InChI is InChI=1S/C6H12.2CH4S2/c1-2-4-6-5-3-1;2*2-1-3/h1-6H2;2*2-3H,1H2. The second kappa shape index (κ2) is 18.2. The lowest BCUT2D eigenvalue weighted by Gasteiger charge is -2.05. The highest BCUT2D eigenvalue weighted by atomic mass is 32.2. The SMILES string of the molecule is C1CCCCC1.SCS.SCS. The highest BCUT2D eigenvalue weighted by Crippen LogP contribution is 2.15. The number of hydrogen-bond donors (Lipinski definition) is 4. The van der Waals surface area contributed by atoms with Crippen LogP contribution in [0.3, 0.4) is 0 Å². The lowest BCUT2D eigenvalue weighted by molar-refractivity contribution is 0.504. The molecule has 76 valence electrons. The smallest absolute Gasteiger partial charge is 0.0331 e. The van der Waals surface area contributed by atoms with E-state index in [9.17, 15) is 0 Å². The fourth-order valence-corrected chi connectivity index (χ4v) is 1.06. The molecule has 0 spiro atoms. The summed E-state index contributed by atoms with van der Waals surface area (Å²) in [7, 11) is 0. The maximum absolute atomic E-state index is 3.65. The molecule has 12 heavy (non-hydrogen) atoms. The molecule has 0 aromatic carbocycles. The summed E-state index contributed by atoms with van der Waals surface area (Å²) in [5, 5.41) is 1.28. The van der Waals surface area contributed by atoms with Gasteiger partial charge in [-0.05, 0) is 0 Å². The highest BCUT2D eigenvalue weighted by Gasteiger charge is 1.95. The molecule has 0 aromatic rings. The Morgan fingerprint density at radius 3 is 0.667 bits per heavy atom. The molecule has 1 aliphatic carbocycles. The molecule has 1 rings (SSSR count). The van der Waals surface area contributed by atoms with Crippen molar-refractivity contribution in [3.8, 4) is 0 Å². The zero-order chi connectivity index (χ0) is 9.66. The minimum atomic E-state index is 0.639. The van der Waals surface area contributed by atoms with Gasteiger partial charge in [0.1, 0.15) is 0 Å². The monoisotopic (exact) mass is 244 g/mol. The van der Waals surface area contributed by atoms with Crippen LogP contribution in [-0.4, -0.2) is 10.2 Å². The van der Waals surface area contributed by atoms with Gasteiger partial charge in [0.15, 0.2) is 0 Å². The number of thiol groups is 4. The van der Waals surface area contributed by atoms with E-state index in [4.69, 9.17) is 0 Å². The van der Waals surface area contributed by atoms with Crippen LogP contribution in [0.25, 0.3) is 0 Å². The Bertz CT molecular complexity index is 41.5. The van der Waals surface area contributed by atoms with Crippen LogP contribution in [-0.2, 0) is 0 Å². The summed E-state index contributed by atoms with van der Waals surface area (Å²) < 4.78 is 0. The Hall–Kier alpha value is 1.40. The van der Waals surface area contributed by atoms with E-state index in [0.29, 0.717) is 10.2 Å². The van der Waals surface area contributed by atoms with Crippen LogP contribution >= 0.6 is 50.5 Å². The van der Waals surface area contributed by atoms with Crippen LogP contribution in [0.2, 0.25) is 0 Å². The lowest BCUT2D eigenvalue weighted by Crippen LogP contribution is -1.85. The Balaban J connectivity index is 0. The van der Waals surface area contributed by atoms with E-state index in [2.05, 4.69) is 50.5 Å². The van der Waals surface area contributed by atoms with E-state index in [1.807, 2.05) is 0 Å². The first kappa shape index (κ1) is 15.9. The van der Waals surface area contributed by atoms with Gasteiger partial charge in [-0.25, -0.2) is 0 Å². The minimum Gasteiger partial charge on any atom is -0.169 e. The molecule has 0 atom stereocenters. The topological polar surface area (TPSA) is 0 Å². The van der Waals surface area contributed by atoms with E-state index >= 15 is 0 Å². The summed E-state index contributed by atoms with van der Waals surface area (Å²) in [6, 6.07) is 0. The van der Waals surface area contributed by atoms with E-state index in [1.54, 1.807) is 0 Å². The third kappa shape index (κ3) is 22.5. The van der Waals surface area contributed by atoms with Gasteiger partial charge in [0, 0.05) is 10.2 Å². The summed E-state index contributed by atoms with van der Waals surface area (Å²) in [6.45, 7) is 0. The third-order valence-corrected chi connectivity index (χ3v) is 1.50. The van der Waals surface area contributed by atoms with Gasteiger partial charge in [0.05, 0.1) is 0 Å². The van der Waals surface area contributed by atoms with E-state index in [0.717, 1.165) is 0 Å². The maximum atomic E-state index is 3.65. The predicted octanol–water partition coefficient (Wildman–Crippen LogP) is 3.95. The fourth-order valence-electron chi connectivity index (χ4n) is 1.06. The van der Waals surface area contributed by atoms with Crippen molar-refractivity contribution in [1.82, 2.24) is 0 Å². The van der Waals surface area contributed by atoms with Crippen molar-refractivity contribution in [2.75, 3.05) is 10.2 Å². The van der Waals surface area contributed by atoms with Crippen LogP contribution < -0.4 is 0 Å². The van der Waals surface area contributed by atoms with Crippen molar-refractivity contribution in [3.63, 3.8) is 0 Å². The van der Waals surface area contributed by atoms with Gasteiger partial charge in [-0.3, -0.25) is 0 Å². The van der Waals surface area contributed by atoms with Crippen LogP contribution in [0.4, 0.5) is 0 Å². The zero-order valence-electron chi connectivity index (χ0n) is 7.45. The van der Waals surface area contributed by atoms with Crippen molar-refractivity contribution in [3.05, 3.63) is 0 Å². The molecule has 0 N–H and O–H groups in total. The fraction of sp³-hybridized carbons (Fsp3) is 1.00. The lowest BCUT2D eigenvalue weighted by atomic mass is 10.0. The summed E-state index contributed by atoms with van der Waals surface area (Å²) in [4.78, 5) is 0. The van der Waals surface area contributed by atoms with Gasteiger partial charge < -0.3 is 0 Å². The summed E-state index contributed by atoms with van der Waals surface area (Å²) >= 11 is 14.6. The van der Waals surface area contributed by atoms with Crippen LogP contribution in [0.1, 0.15) is 38.5 Å². The van der Waals surface area contributed by atoms with Gasteiger partial charge in [-0.15, -0.1) is 0 Å². The summed E-state index contributed by atoms with van der Waals surface area (Å²) in [6.07, 6.45) is 9.00. The summed E-state index contributed by atoms with van der Waals surface area (Å²) in [5.74, 6) is 0. The van der Waals surface area contributed by atoms with Gasteiger partial charge in [0.2, 0.25) is 0 Å².